The highest BCUT2D eigenvalue weighted by molar-refractivity contribution is 5.29. The van der Waals surface area contributed by atoms with E-state index < -0.39 is 0 Å². The quantitative estimate of drug-likeness (QED) is 0.434. The Morgan fingerprint density at radius 1 is 1.45 bits per heavy atom. The second-order valence-corrected chi connectivity index (χ2v) is 1.70. The summed E-state index contributed by atoms with van der Waals surface area (Å²) >= 11 is 0. The summed E-state index contributed by atoms with van der Waals surface area (Å²) in [4.78, 5) is 3.80. The van der Waals surface area contributed by atoms with Gasteiger partial charge in [0.05, 0.1) is 0 Å². The van der Waals surface area contributed by atoms with Crippen LogP contribution in [0.5, 0.6) is 0 Å². The molecule has 1 nitrogen and oxygen atoms in total. The van der Waals surface area contributed by atoms with E-state index in [2.05, 4.69) is 18.6 Å². The van der Waals surface area contributed by atoms with Crippen molar-refractivity contribution in [3.8, 4) is 0 Å². The number of allylic oxidation sites excluding steroid dienone is 4. The molecule has 0 aliphatic carbocycles. The summed E-state index contributed by atoms with van der Waals surface area (Å²) in [5.74, 6) is 0. The van der Waals surface area contributed by atoms with Crippen molar-refractivity contribution in [3.05, 3.63) is 23.9 Å². The molecule has 0 rings (SSSR count). The number of rotatable bonds is 3. The van der Waals surface area contributed by atoms with E-state index in [0.29, 0.717) is 0 Å². The van der Waals surface area contributed by atoms with E-state index in [4.69, 9.17) is 0 Å². The van der Waals surface area contributed by atoms with E-state index in [-0.39, 0.29) is 0 Å². The van der Waals surface area contributed by atoms with Gasteiger partial charge in [-0.15, -0.1) is 0 Å². The van der Waals surface area contributed by atoms with Crippen LogP contribution in [0.2, 0.25) is 0 Å². The number of nitrogens with zero attached hydrogens (tertiary/aromatic N) is 1. The lowest BCUT2D eigenvalue weighted by Crippen LogP contribution is -1.70. The predicted octanol–water partition coefficient (Wildman–Crippen LogP) is 3.58. The molecule has 11 heavy (non-hydrogen) atoms. The van der Waals surface area contributed by atoms with Gasteiger partial charge in [-0.25, -0.2) is 0 Å². The lowest BCUT2D eigenvalue weighted by molar-refractivity contribution is 1.07. The first-order valence-corrected chi connectivity index (χ1v) is 4.13. The van der Waals surface area contributed by atoms with Gasteiger partial charge < -0.3 is 0 Å². The fourth-order valence-electron chi connectivity index (χ4n) is 0.490. The van der Waals surface area contributed by atoms with Crippen molar-refractivity contribution < 1.29 is 0 Å². The molecule has 0 amide bonds. The molecule has 0 radical (unpaired) electrons. The molecule has 0 heterocycles. The second-order valence-electron chi connectivity index (χ2n) is 1.70. The maximum Gasteiger partial charge on any atom is 0.0393 e. The first-order valence-electron chi connectivity index (χ1n) is 4.13. The van der Waals surface area contributed by atoms with E-state index in [0.717, 1.165) is 12.1 Å². The Kier molecular flexibility index (Phi) is 13.8. The molecule has 0 aliphatic heterocycles. The Bertz CT molecular complexity index is 132. The highest BCUT2D eigenvalue weighted by Crippen LogP contribution is 1.99. The van der Waals surface area contributed by atoms with Crippen LogP contribution in [-0.2, 0) is 0 Å². The maximum absolute atomic E-state index is 3.80. The molecule has 64 valence electrons. The summed E-state index contributed by atoms with van der Waals surface area (Å²) in [6.45, 7) is 11.5. The normalized spacial score (nSPS) is 10.7. The molecule has 0 N–H and O–H groups in total. The maximum atomic E-state index is 3.80. The summed E-state index contributed by atoms with van der Waals surface area (Å²) in [6.07, 6.45) is 6.86. The monoisotopic (exact) mass is 153 g/mol. The molecule has 0 spiro atoms. The number of hydrogen-bond donors (Lipinski definition) is 0. The van der Waals surface area contributed by atoms with Gasteiger partial charge in [-0.1, -0.05) is 32.9 Å². The number of aliphatic imine (C=N–C) groups is 1. The van der Waals surface area contributed by atoms with Crippen LogP contribution in [0.15, 0.2) is 28.9 Å². The van der Waals surface area contributed by atoms with Crippen LogP contribution in [-0.4, -0.2) is 6.72 Å². The van der Waals surface area contributed by atoms with E-state index in [1.54, 1.807) is 0 Å². The van der Waals surface area contributed by atoms with E-state index in [1.807, 2.05) is 39.0 Å². The molecule has 0 fully saturated rings. The average Bonchev–Trinajstić information content (AvgIpc) is 2.10. The van der Waals surface area contributed by atoms with Crippen molar-refractivity contribution in [1.82, 2.24) is 0 Å². The minimum atomic E-state index is 0.952. The lowest BCUT2D eigenvalue weighted by atomic mass is 10.3. The molecule has 0 saturated carbocycles. The van der Waals surface area contributed by atoms with Crippen LogP contribution in [0.4, 0.5) is 0 Å². The smallest absolute Gasteiger partial charge is 0.0393 e. The predicted molar refractivity (Wildman–Crippen MR) is 54.1 cm³/mol. The van der Waals surface area contributed by atoms with Gasteiger partial charge in [0.2, 0.25) is 0 Å². The molecule has 0 aromatic rings. The Labute approximate surface area is 70.5 Å². The lowest BCUT2D eigenvalue weighted by Gasteiger charge is -1.89. The van der Waals surface area contributed by atoms with Gasteiger partial charge in [0.1, 0.15) is 0 Å². The molecule has 0 atom stereocenters. The van der Waals surface area contributed by atoms with Gasteiger partial charge >= 0.3 is 0 Å². The summed E-state index contributed by atoms with van der Waals surface area (Å²) in [5, 5.41) is 0. The first-order chi connectivity index (χ1) is 5.35. The van der Waals surface area contributed by atoms with Crippen LogP contribution in [0.1, 0.15) is 34.1 Å². The molecule has 0 unspecified atom stereocenters. The second kappa shape index (κ2) is 11.9. The Morgan fingerprint density at radius 2 is 2.00 bits per heavy atom. The fraction of sp³-hybridized carbons (Fsp3) is 0.500. The summed E-state index contributed by atoms with van der Waals surface area (Å²) in [6, 6.07) is 0. The van der Waals surface area contributed by atoms with E-state index >= 15 is 0 Å². The Morgan fingerprint density at radius 3 is 2.27 bits per heavy atom. The molecule has 0 aromatic heterocycles. The van der Waals surface area contributed by atoms with E-state index in [1.165, 1.54) is 0 Å². The topological polar surface area (TPSA) is 12.4 Å². The molecule has 0 aromatic carbocycles. The van der Waals surface area contributed by atoms with Crippen molar-refractivity contribution in [1.29, 1.82) is 0 Å². The first kappa shape index (κ1) is 12.8. The largest absolute Gasteiger partial charge is 0.269 e. The molecule has 0 bridgehead atoms. The summed E-state index contributed by atoms with van der Waals surface area (Å²) < 4.78 is 0. The minimum Gasteiger partial charge on any atom is -0.269 e. The van der Waals surface area contributed by atoms with Crippen LogP contribution < -0.4 is 0 Å². The Balaban J connectivity index is 0. The Hall–Kier alpha value is -0.850. The van der Waals surface area contributed by atoms with Gasteiger partial charge in [0.25, 0.3) is 0 Å². The zero-order valence-corrected chi connectivity index (χ0v) is 8.09. The third-order valence-electron chi connectivity index (χ3n) is 1.05. The molecule has 1 heteroatoms. The average molecular weight is 153 g/mol. The van der Waals surface area contributed by atoms with E-state index in [9.17, 15) is 0 Å². The van der Waals surface area contributed by atoms with Crippen molar-refractivity contribution >= 4 is 6.72 Å². The highest BCUT2D eigenvalue weighted by atomic mass is 14.7. The molecule has 0 aliphatic rings. The standard InChI is InChI=1S/C8H13N.C2H6/c1-4-6-7-8(5-2)9-3;1-2/h4,6-7H,3,5H2,1-2H3;1-2H3/b6-4-,8-7-;. The van der Waals surface area contributed by atoms with Gasteiger partial charge in [-0.05, 0) is 26.1 Å². The van der Waals surface area contributed by atoms with Crippen LogP contribution in [0.25, 0.3) is 0 Å². The summed E-state index contributed by atoms with van der Waals surface area (Å²) in [5.41, 5.74) is 1.04. The van der Waals surface area contributed by atoms with Crippen molar-refractivity contribution in [2.24, 2.45) is 4.99 Å². The third-order valence-corrected chi connectivity index (χ3v) is 1.05. The van der Waals surface area contributed by atoms with Gasteiger partial charge in [0, 0.05) is 5.70 Å². The molecular weight excluding hydrogens is 134 g/mol. The van der Waals surface area contributed by atoms with Crippen LogP contribution in [0.3, 0.4) is 0 Å². The highest BCUT2D eigenvalue weighted by Gasteiger charge is 1.81. The SMILES string of the molecule is C=N/C(=C\C=C/C)CC.CC. The van der Waals surface area contributed by atoms with Crippen LogP contribution >= 0.6 is 0 Å². The van der Waals surface area contributed by atoms with Crippen molar-refractivity contribution in [2.45, 2.75) is 34.1 Å². The summed E-state index contributed by atoms with van der Waals surface area (Å²) in [7, 11) is 0. The van der Waals surface area contributed by atoms with Crippen molar-refractivity contribution in [3.63, 3.8) is 0 Å². The minimum absolute atomic E-state index is 0.952. The molecular formula is C10H19N. The fourth-order valence-corrected chi connectivity index (χ4v) is 0.490. The zero-order valence-electron chi connectivity index (χ0n) is 8.09. The van der Waals surface area contributed by atoms with Gasteiger partial charge in [-0.2, -0.15) is 0 Å². The zero-order chi connectivity index (χ0) is 9.11. The van der Waals surface area contributed by atoms with Gasteiger partial charge in [-0.3, -0.25) is 4.99 Å². The van der Waals surface area contributed by atoms with Crippen LogP contribution in [0, 0.1) is 0 Å². The number of hydrogen-bond acceptors (Lipinski definition) is 1. The molecule has 0 saturated heterocycles. The third kappa shape index (κ3) is 9.15. The van der Waals surface area contributed by atoms with Gasteiger partial charge in [0.15, 0.2) is 0 Å². The van der Waals surface area contributed by atoms with Crippen molar-refractivity contribution in [2.75, 3.05) is 0 Å².